The quantitative estimate of drug-likeness (QED) is 0.400. The maximum atomic E-state index is 2.37. The maximum absolute atomic E-state index is 2.37. The van der Waals surface area contributed by atoms with Crippen molar-refractivity contribution in [1.82, 2.24) is 0 Å². The van der Waals surface area contributed by atoms with Gasteiger partial charge in [0.1, 0.15) is 8.80 Å². The van der Waals surface area contributed by atoms with Crippen molar-refractivity contribution in [3.63, 3.8) is 0 Å². The van der Waals surface area contributed by atoms with Crippen LogP contribution in [0.2, 0.25) is 12.1 Å². The Bertz CT molecular complexity index is 112. The largest absolute Gasteiger partial charge is 0.332 e. The van der Waals surface area contributed by atoms with Crippen molar-refractivity contribution < 1.29 is 4.48 Å². The zero-order valence-electron chi connectivity index (χ0n) is 7.48. The molecule has 10 heavy (non-hydrogen) atoms. The summed E-state index contributed by atoms with van der Waals surface area (Å²) >= 11 is 0. The highest BCUT2D eigenvalue weighted by atomic mass is 28.3. The van der Waals surface area contributed by atoms with Gasteiger partial charge in [-0.2, -0.15) is 0 Å². The van der Waals surface area contributed by atoms with E-state index in [0.29, 0.717) is 0 Å². The number of rotatable bonds is 1. The van der Waals surface area contributed by atoms with Gasteiger partial charge in [-0.3, -0.25) is 0 Å². The highest BCUT2D eigenvalue weighted by molar-refractivity contribution is 6.58. The van der Waals surface area contributed by atoms with Crippen LogP contribution in [0.3, 0.4) is 0 Å². The Kier molecular flexibility index (Phi) is 2.53. The molecule has 1 aliphatic heterocycles. The standard InChI is InChI=1S/C8H19NSi/c1-4-10-7-5-6-9(2,3)8-10/h4-8H2,1-3H3/q+1. The second-order valence-corrected chi connectivity index (χ2v) is 7.05. The van der Waals surface area contributed by atoms with Crippen molar-refractivity contribution in [1.29, 1.82) is 0 Å². The summed E-state index contributed by atoms with van der Waals surface area (Å²) in [6, 6.07) is 3.05. The first-order chi connectivity index (χ1) is 4.64. The lowest BCUT2D eigenvalue weighted by molar-refractivity contribution is -0.882. The van der Waals surface area contributed by atoms with E-state index in [2.05, 4.69) is 21.0 Å². The van der Waals surface area contributed by atoms with Gasteiger partial charge in [0.2, 0.25) is 0 Å². The number of quaternary nitrogens is 1. The third-order valence-electron chi connectivity index (χ3n) is 2.45. The van der Waals surface area contributed by atoms with Gasteiger partial charge < -0.3 is 4.48 Å². The first kappa shape index (κ1) is 8.28. The lowest BCUT2D eigenvalue weighted by atomic mass is 10.4. The second-order valence-electron chi connectivity index (χ2n) is 4.02. The Morgan fingerprint density at radius 1 is 1.40 bits per heavy atom. The zero-order chi connectivity index (χ0) is 7.61. The fourth-order valence-corrected chi connectivity index (χ4v) is 4.57. The first-order valence-electron chi connectivity index (χ1n) is 4.29. The van der Waals surface area contributed by atoms with Gasteiger partial charge in [0.15, 0.2) is 0 Å². The van der Waals surface area contributed by atoms with Crippen LogP contribution < -0.4 is 0 Å². The highest BCUT2D eigenvalue weighted by Crippen LogP contribution is 2.16. The molecular weight excluding hydrogens is 138 g/mol. The summed E-state index contributed by atoms with van der Waals surface area (Å²) in [4.78, 5) is 0. The van der Waals surface area contributed by atoms with Crippen LogP contribution >= 0.6 is 0 Å². The molecule has 59 valence electrons. The van der Waals surface area contributed by atoms with E-state index < -0.39 is 0 Å². The Morgan fingerprint density at radius 2 is 2.10 bits per heavy atom. The SMILES string of the molecule is CC[Si]1CCC[N+](C)(C)C1. The molecule has 0 amide bonds. The molecule has 0 unspecified atom stereocenters. The summed E-state index contributed by atoms with van der Waals surface area (Å²) in [6.45, 7) is 3.77. The van der Waals surface area contributed by atoms with Crippen molar-refractivity contribution >= 4 is 8.80 Å². The van der Waals surface area contributed by atoms with Gasteiger partial charge in [-0.05, 0) is 12.5 Å². The van der Waals surface area contributed by atoms with Crippen LogP contribution in [0.4, 0.5) is 0 Å². The van der Waals surface area contributed by atoms with E-state index in [1.807, 2.05) is 0 Å². The molecule has 0 N–H and O–H groups in total. The average molecular weight is 157 g/mol. The molecule has 0 aliphatic carbocycles. The molecule has 0 bridgehead atoms. The third kappa shape index (κ3) is 2.10. The Balaban J connectivity index is 2.40. The molecule has 0 saturated carbocycles. The van der Waals surface area contributed by atoms with Crippen molar-refractivity contribution in [2.24, 2.45) is 0 Å². The van der Waals surface area contributed by atoms with Gasteiger partial charge >= 0.3 is 0 Å². The van der Waals surface area contributed by atoms with Crippen molar-refractivity contribution in [2.75, 3.05) is 26.8 Å². The normalized spacial score (nSPS) is 26.7. The molecule has 0 atom stereocenters. The smallest absolute Gasteiger partial charge is 0.119 e. The van der Waals surface area contributed by atoms with E-state index in [9.17, 15) is 0 Å². The molecule has 0 aromatic heterocycles. The molecule has 1 nitrogen and oxygen atoms in total. The van der Waals surface area contributed by atoms with Crippen molar-refractivity contribution in [3.05, 3.63) is 0 Å². The van der Waals surface area contributed by atoms with E-state index in [-0.39, 0.29) is 8.80 Å². The van der Waals surface area contributed by atoms with Gasteiger partial charge in [-0.15, -0.1) is 0 Å². The number of hydrogen-bond donors (Lipinski definition) is 0. The van der Waals surface area contributed by atoms with Gasteiger partial charge in [0, 0.05) is 0 Å². The maximum Gasteiger partial charge on any atom is 0.119 e. The molecule has 1 fully saturated rings. The predicted molar refractivity (Wildman–Crippen MR) is 47.5 cm³/mol. The third-order valence-corrected chi connectivity index (χ3v) is 5.81. The van der Waals surface area contributed by atoms with Crippen LogP contribution in [0.15, 0.2) is 0 Å². The van der Waals surface area contributed by atoms with E-state index in [1.165, 1.54) is 29.7 Å². The van der Waals surface area contributed by atoms with Crippen LogP contribution in [0.5, 0.6) is 0 Å². The van der Waals surface area contributed by atoms with Crippen LogP contribution in [0.25, 0.3) is 0 Å². The zero-order valence-corrected chi connectivity index (χ0v) is 8.48. The Labute approximate surface area is 66.2 Å². The second kappa shape index (κ2) is 3.05. The van der Waals surface area contributed by atoms with E-state index in [0.717, 1.165) is 0 Å². The lowest BCUT2D eigenvalue weighted by Gasteiger charge is -2.37. The summed E-state index contributed by atoms with van der Waals surface area (Å²) in [7, 11) is 4.83. The topological polar surface area (TPSA) is 0 Å². The Morgan fingerprint density at radius 3 is 2.50 bits per heavy atom. The summed E-state index contributed by atoms with van der Waals surface area (Å²) in [5.41, 5.74) is 0. The molecule has 0 aromatic carbocycles. The average Bonchev–Trinajstić information content (AvgIpc) is 1.86. The van der Waals surface area contributed by atoms with Crippen LogP contribution in [0.1, 0.15) is 13.3 Å². The molecule has 1 radical (unpaired) electrons. The van der Waals surface area contributed by atoms with Gasteiger partial charge in [-0.25, -0.2) is 0 Å². The van der Waals surface area contributed by atoms with Gasteiger partial charge in [0.05, 0.1) is 26.8 Å². The summed E-state index contributed by atoms with van der Waals surface area (Å²) in [5.74, 6) is 0. The number of nitrogens with zero attached hydrogens (tertiary/aromatic N) is 1. The molecule has 2 heteroatoms. The van der Waals surface area contributed by atoms with E-state index in [1.54, 1.807) is 6.04 Å². The summed E-state index contributed by atoms with van der Waals surface area (Å²) in [5, 5.41) is 0. The molecule has 1 rings (SSSR count). The predicted octanol–water partition coefficient (Wildman–Crippen LogP) is 1.52. The highest BCUT2D eigenvalue weighted by Gasteiger charge is 2.27. The Hall–Kier alpha value is 0.177. The molecule has 1 heterocycles. The monoisotopic (exact) mass is 157 g/mol. The molecule has 0 spiro atoms. The minimum Gasteiger partial charge on any atom is -0.332 e. The van der Waals surface area contributed by atoms with E-state index >= 15 is 0 Å². The van der Waals surface area contributed by atoms with Crippen LogP contribution in [-0.4, -0.2) is 40.1 Å². The fourth-order valence-electron chi connectivity index (χ4n) is 1.81. The van der Waals surface area contributed by atoms with Gasteiger partial charge in [0.25, 0.3) is 0 Å². The van der Waals surface area contributed by atoms with Crippen molar-refractivity contribution in [2.45, 2.75) is 25.4 Å². The minimum absolute atomic E-state index is 0.0783. The minimum atomic E-state index is 0.0783. The first-order valence-corrected chi connectivity index (χ1v) is 6.42. The summed E-state index contributed by atoms with van der Waals surface area (Å²) < 4.78 is 1.29. The molecular formula is C8H19NSi+. The molecule has 1 aliphatic rings. The van der Waals surface area contributed by atoms with Crippen LogP contribution in [-0.2, 0) is 0 Å². The van der Waals surface area contributed by atoms with Crippen LogP contribution in [0, 0.1) is 0 Å². The van der Waals surface area contributed by atoms with E-state index in [4.69, 9.17) is 0 Å². The molecule has 0 aromatic rings. The van der Waals surface area contributed by atoms with Crippen molar-refractivity contribution in [3.8, 4) is 0 Å². The lowest BCUT2D eigenvalue weighted by Crippen LogP contribution is -2.51. The molecule has 1 saturated heterocycles. The fraction of sp³-hybridized carbons (Fsp3) is 1.00. The van der Waals surface area contributed by atoms with Gasteiger partial charge in [-0.1, -0.05) is 13.0 Å². The number of hydrogen-bond acceptors (Lipinski definition) is 0. The summed E-state index contributed by atoms with van der Waals surface area (Å²) in [6.07, 6.45) is 2.98.